The van der Waals surface area contributed by atoms with Crippen LogP contribution in [0.1, 0.15) is 33.2 Å². The molecule has 0 aliphatic carbocycles. The summed E-state index contributed by atoms with van der Waals surface area (Å²) in [5.41, 5.74) is 2.99. The number of carbonyl (C=O) groups excluding carboxylic acids is 2. The molecule has 1 amide bonds. The number of benzene rings is 2. The first kappa shape index (κ1) is 21.0. The summed E-state index contributed by atoms with van der Waals surface area (Å²) in [7, 11) is 2.63. The number of rotatable bonds is 7. The van der Waals surface area contributed by atoms with Gasteiger partial charge in [0.2, 0.25) is 0 Å². The maximum Gasteiger partial charge on any atom is 0.406 e. The second kappa shape index (κ2) is 9.62. The Kier molecular flexibility index (Phi) is 6.95. The van der Waals surface area contributed by atoms with Gasteiger partial charge in [-0.1, -0.05) is 23.7 Å². The number of fused-ring (bicyclic) bond motifs is 1. The van der Waals surface area contributed by atoms with Crippen molar-refractivity contribution in [2.24, 2.45) is 0 Å². The van der Waals surface area contributed by atoms with Gasteiger partial charge in [0.1, 0.15) is 11.9 Å². The largest absolute Gasteiger partial charge is 0.493 e. The summed E-state index contributed by atoms with van der Waals surface area (Å²) < 4.78 is 21.3. The van der Waals surface area contributed by atoms with E-state index >= 15 is 0 Å². The first-order valence-electron chi connectivity index (χ1n) is 9.10. The van der Waals surface area contributed by atoms with Crippen molar-refractivity contribution in [3.63, 3.8) is 0 Å². The van der Waals surface area contributed by atoms with Crippen LogP contribution < -0.4 is 10.1 Å². The average molecular weight is 420 g/mol. The lowest BCUT2D eigenvalue weighted by molar-refractivity contribution is 0.0598. The molecule has 0 radical (unpaired) electrons. The highest BCUT2D eigenvalue weighted by molar-refractivity contribution is 6.30. The maximum atomic E-state index is 12.1. The molecule has 0 saturated heterocycles. The molecule has 1 aliphatic heterocycles. The van der Waals surface area contributed by atoms with Gasteiger partial charge >= 0.3 is 12.1 Å². The Labute approximate surface area is 173 Å². The van der Waals surface area contributed by atoms with Gasteiger partial charge in [0.15, 0.2) is 0 Å². The van der Waals surface area contributed by atoms with E-state index in [-0.39, 0.29) is 13.2 Å². The molecule has 0 bridgehead atoms. The molecule has 1 N–H and O–H groups in total. The van der Waals surface area contributed by atoms with Crippen molar-refractivity contribution in [2.45, 2.75) is 12.5 Å². The van der Waals surface area contributed by atoms with Crippen LogP contribution in [0.3, 0.4) is 0 Å². The predicted octanol–water partition coefficient (Wildman–Crippen LogP) is 3.52. The van der Waals surface area contributed by atoms with Gasteiger partial charge in [-0.15, -0.1) is 0 Å². The Bertz CT molecular complexity index is 901. The lowest BCUT2D eigenvalue weighted by atomic mass is 9.93. The molecule has 1 unspecified atom stereocenters. The third-order valence-corrected chi connectivity index (χ3v) is 4.78. The molecule has 2 aromatic rings. The van der Waals surface area contributed by atoms with Gasteiger partial charge in [-0.25, -0.2) is 9.59 Å². The lowest BCUT2D eigenvalue weighted by Crippen LogP contribution is -2.27. The number of amides is 1. The number of methoxy groups -OCH3 is 2. The van der Waals surface area contributed by atoms with E-state index in [9.17, 15) is 9.59 Å². The summed E-state index contributed by atoms with van der Waals surface area (Å²) in [6.07, 6.45) is -0.337. The third-order valence-electron chi connectivity index (χ3n) is 4.55. The van der Waals surface area contributed by atoms with Gasteiger partial charge in [0.05, 0.1) is 33.0 Å². The van der Waals surface area contributed by atoms with Gasteiger partial charge in [0.25, 0.3) is 0 Å². The molecule has 1 aliphatic rings. The normalized spacial score (nSPS) is 13.2. The Hall–Kier alpha value is -2.77. The zero-order valence-corrected chi connectivity index (χ0v) is 17.0. The average Bonchev–Trinajstić information content (AvgIpc) is 3.21. The summed E-state index contributed by atoms with van der Waals surface area (Å²) in [5, 5.41) is 3.15. The van der Waals surface area contributed by atoms with Crippen molar-refractivity contribution in [3.8, 4) is 5.75 Å². The summed E-state index contributed by atoms with van der Waals surface area (Å²) >= 11 is 6.19. The van der Waals surface area contributed by atoms with E-state index in [0.717, 1.165) is 16.7 Å². The van der Waals surface area contributed by atoms with Gasteiger partial charge in [-0.3, -0.25) is 0 Å². The Morgan fingerprint density at radius 1 is 1.21 bits per heavy atom. The number of esters is 1. The van der Waals surface area contributed by atoms with Crippen molar-refractivity contribution in [3.05, 3.63) is 63.7 Å². The van der Waals surface area contributed by atoms with Crippen molar-refractivity contribution < 1.29 is 28.5 Å². The van der Waals surface area contributed by atoms with Crippen LogP contribution in [-0.4, -0.2) is 46.0 Å². The van der Waals surface area contributed by atoms with Crippen LogP contribution in [0, 0.1) is 0 Å². The lowest BCUT2D eigenvalue weighted by Gasteiger charge is -2.22. The zero-order valence-electron chi connectivity index (χ0n) is 16.2. The molecule has 0 saturated carbocycles. The van der Waals surface area contributed by atoms with E-state index in [1.54, 1.807) is 18.2 Å². The molecule has 7 nitrogen and oxygen atoms in total. The minimum atomic E-state index is -0.533. The fraction of sp³-hybridized carbons (Fsp3) is 0.333. The number of hydrogen-bond donors (Lipinski definition) is 1. The number of alkyl carbamates (subject to hydrolysis) is 1. The summed E-state index contributed by atoms with van der Waals surface area (Å²) in [4.78, 5) is 23.4. The second-order valence-electron chi connectivity index (χ2n) is 6.36. The highest BCUT2D eigenvalue weighted by Gasteiger charge is 2.27. The molecular weight excluding hydrogens is 398 g/mol. The fourth-order valence-electron chi connectivity index (χ4n) is 3.23. The molecule has 1 atom stereocenters. The van der Waals surface area contributed by atoms with Crippen LogP contribution >= 0.6 is 11.6 Å². The maximum absolute atomic E-state index is 12.1. The monoisotopic (exact) mass is 419 g/mol. The fourth-order valence-corrected chi connectivity index (χ4v) is 3.43. The van der Waals surface area contributed by atoms with Gasteiger partial charge in [-0.05, 0) is 35.4 Å². The molecule has 3 rings (SSSR count). The highest BCUT2D eigenvalue weighted by atomic mass is 35.5. The predicted molar refractivity (Wildman–Crippen MR) is 107 cm³/mol. The van der Waals surface area contributed by atoms with Crippen LogP contribution in [0.25, 0.3) is 0 Å². The molecule has 1 heterocycles. The molecule has 0 aromatic heterocycles. The highest BCUT2D eigenvalue weighted by Crippen LogP contribution is 2.38. The quantitative estimate of drug-likeness (QED) is 0.546. The number of nitrogens with one attached hydrogen (secondary N) is 1. The van der Waals surface area contributed by atoms with Gasteiger partial charge in [0, 0.05) is 23.6 Å². The second-order valence-corrected chi connectivity index (χ2v) is 6.79. The van der Waals surface area contributed by atoms with E-state index in [2.05, 4.69) is 10.1 Å². The smallest absolute Gasteiger partial charge is 0.406 e. The number of hydrogen-bond acceptors (Lipinski definition) is 6. The third kappa shape index (κ3) is 4.99. The van der Waals surface area contributed by atoms with Gasteiger partial charge in [-0.2, -0.15) is 0 Å². The van der Waals surface area contributed by atoms with Crippen molar-refractivity contribution in [1.82, 2.24) is 5.32 Å². The molecule has 8 heteroatoms. The zero-order chi connectivity index (χ0) is 20.8. The summed E-state index contributed by atoms with van der Waals surface area (Å²) in [6, 6.07) is 10.8. The molecule has 2 aromatic carbocycles. The first-order valence-corrected chi connectivity index (χ1v) is 9.48. The first-order chi connectivity index (χ1) is 14.0. The van der Waals surface area contributed by atoms with E-state index < -0.39 is 18.2 Å². The minimum Gasteiger partial charge on any atom is -0.493 e. The van der Waals surface area contributed by atoms with Crippen molar-refractivity contribution in [2.75, 3.05) is 34.0 Å². The molecule has 29 heavy (non-hydrogen) atoms. The van der Waals surface area contributed by atoms with Crippen molar-refractivity contribution in [1.29, 1.82) is 0 Å². The number of ether oxygens (including phenoxy) is 4. The van der Waals surface area contributed by atoms with Crippen LogP contribution in [0.4, 0.5) is 4.79 Å². The minimum absolute atomic E-state index is 0.227. The Morgan fingerprint density at radius 2 is 2.03 bits per heavy atom. The Morgan fingerprint density at radius 3 is 2.76 bits per heavy atom. The topological polar surface area (TPSA) is 83.1 Å². The molecule has 154 valence electrons. The van der Waals surface area contributed by atoms with E-state index in [4.69, 9.17) is 25.8 Å². The number of carbonyl (C=O) groups is 2. The molecular formula is C21H22ClNO6. The Balaban J connectivity index is 1.96. The van der Waals surface area contributed by atoms with E-state index in [1.807, 2.05) is 18.2 Å². The standard InChI is InChI=1S/C21H22ClNO6/c1-26-20(24)14-11-17(16-6-8-28-18(16)12-14)19(13-4-3-5-15(22)10-13)29-9-7-23-21(25)27-2/h3-5,10-12,19H,6-9H2,1-2H3,(H,23,25). The van der Waals surface area contributed by atoms with Crippen LogP contribution in [0.15, 0.2) is 36.4 Å². The number of halogens is 1. The molecule has 0 spiro atoms. The molecule has 0 fully saturated rings. The van der Waals surface area contributed by atoms with Crippen LogP contribution in [0.5, 0.6) is 5.75 Å². The summed E-state index contributed by atoms with van der Waals surface area (Å²) in [6.45, 7) is 1.02. The van der Waals surface area contributed by atoms with E-state index in [0.29, 0.717) is 29.4 Å². The van der Waals surface area contributed by atoms with Crippen LogP contribution in [0.2, 0.25) is 5.02 Å². The van der Waals surface area contributed by atoms with E-state index in [1.165, 1.54) is 14.2 Å². The van der Waals surface area contributed by atoms with Gasteiger partial charge < -0.3 is 24.3 Å². The van der Waals surface area contributed by atoms with Crippen molar-refractivity contribution >= 4 is 23.7 Å². The SMILES string of the molecule is COC(=O)NCCOC(c1cccc(Cl)c1)c1cc(C(=O)OC)cc2c1CCO2. The van der Waals surface area contributed by atoms with Crippen LogP contribution in [-0.2, 0) is 20.6 Å². The summed E-state index contributed by atoms with van der Waals surface area (Å²) in [5.74, 6) is 0.188.